The number of carbonyl (C=O) groups is 4. The van der Waals surface area contributed by atoms with Crippen LogP contribution in [0.5, 0.6) is 0 Å². The van der Waals surface area contributed by atoms with Crippen molar-refractivity contribution in [3.05, 3.63) is 0 Å². The van der Waals surface area contributed by atoms with Crippen LogP contribution in [0.1, 0.15) is 13.3 Å². The first-order valence-corrected chi connectivity index (χ1v) is 10.5. The highest BCUT2D eigenvalue weighted by Crippen LogP contribution is 2.14. The minimum atomic E-state index is -1.01. The van der Waals surface area contributed by atoms with Gasteiger partial charge in [-0.3, -0.25) is 19.2 Å². The molecule has 3 atom stereocenters. The number of nitrogens with zero attached hydrogens (tertiary/aromatic N) is 2. The zero-order valence-corrected chi connectivity index (χ0v) is 19.0. The van der Waals surface area contributed by atoms with Gasteiger partial charge in [-0.2, -0.15) is 0 Å². The molecule has 27 heavy (non-hydrogen) atoms. The van der Waals surface area contributed by atoms with Gasteiger partial charge in [0.05, 0.1) is 11.9 Å². The number of amides is 3. The summed E-state index contributed by atoms with van der Waals surface area (Å²) in [7, 11) is 0. The fraction of sp³-hybridized carbons (Fsp3) is 0.625. The lowest BCUT2D eigenvalue weighted by Crippen LogP contribution is -2.61. The van der Waals surface area contributed by atoms with Crippen LogP contribution >= 0.6 is 34.2 Å². The van der Waals surface area contributed by atoms with Crippen LogP contribution in [-0.4, -0.2) is 90.9 Å². The number of halogens is 2. The zero-order valence-electron chi connectivity index (χ0n) is 14.9. The monoisotopic (exact) mass is 522 g/mol. The molecule has 1 unspecified atom stereocenters. The Morgan fingerprint density at radius 1 is 1.37 bits per heavy atom. The fourth-order valence-electron chi connectivity index (χ4n) is 2.65. The summed E-state index contributed by atoms with van der Waals surface area (Å²) in [4.78, 5) is 50.2. The molecule has 1 heterocycles. The molecule has 11 heteroatoms. The molecule has 0 spiro atoms. The number of carbonyl (C=O) groups excluding carboxylic acids is 4. The van der Waals surface area contributed by atoms with Gasteiger partial charge in [0.1, 0.15) is 12.0 Å². The van der Waals surface area contributed by atoms with E-state index in [1.807, 2.05) is 3.88 Å². The minimum Gasteiger partial charge on any atom is -0.399 e. The summed E-state index contributed by atoms with van der Waals surface area (Å²) in [6.07, 6.45) is 5.36. The van der Waals surface area contributed by atoms with Crippen LogP contribution in [0.3, 0.4) is 0 Å². The van der Waals surface area contributed by atoms with Gasteiger partial charge in [0.2, 0.25) is 11.8 Å². The Bertz CT molecular complexity index is 630. The topological polar surface area (TPSA) is 98.8 Å². The average molecular weight is 523 g/mol. The standard InChI is InChI=1S/C16H21ClIN4O4.Al/c1-3-10(14(24)20-4-2)7-11(13(23)8-17)21-15(25)12-9-19-5-6-22(12)16(18)26;/h1,10-12H,4-9H2,2H3,(H,20,24)(H,21,25);/q-1;+1/t10?,11-,12-;/m0./s1. The molecule has 0 aromatic carbocycles. The summed E-state index contributed by atoms with van der Waals surface area (Å²) in [6, 6.07) is -1.76. The molecule has 0 aromatic heterocycles. The van der Waals surface area contributed by atoms with Gasteiger partial charge in [-0.15, -0.1) is 18.0 Å². The number of Topliss-reactive ketones (excluding diaryl/α,β-unsaturated/α-hetero) is 1. The van der Waals surface area contributed by atoms with Crippen LogP contribution in [0.2, 0.25) is 0 Å². The Kier molecular flexibility index (Phi) is 10.6. The molecule has 1 fully saturated rings. The van der Waals surface area contributed by atoms with Crippen LogP contribution in [0, 0.1) is 18.3 Å². The number of nitrogens with one attached hydrogen (secondary N) is 2. The molecule has 1 aliphatic rings. The van der Waals surface area contributed by atoms with Crippen molar-refractivity contribution in [2.45, 2.75) is 25.4 Å². The number of hydrogen-bond acceptors (Lipinski definition) is 5. The highest BCUT2D eigenvalue weighted by molar-refractivity contribution is 14.1. The third-order valence-electron chi connectivity index (χ3n) is 4.12. The van der Waals surface area contributed by atoms with Crippen LogP contribution in [-0.2, 0) is 14.4 Å². The second kappa shape index (κ2) is 11.9. The molecular weight excluding hydrogens is 502 g/mol. The van der Waals surface area contributed by atoms with Crippen LogP contribution in [0.25, 0.3) is 0 Å². The van der Waals surface area contributed by atoms with Crippen LogP contribution < -0.4 is 10.6 Å². The van der Waals surface area contributed by atoms with Crippen molar-refractivity contribution < 1.29 is 19.2 Å². The van der Waals surface area contributed by atoms with Crippen LogP contribution in [0.15, 0.2) is 0 Å². The van der Waals surface area contributed by atoms with E-state index in [9.17, 15) is 19.2 Å². The van der Waals surface area contributed by atoms with Gasteiger partial charge < -0.3 is 19.4 Å². The highest BCUT2D eigenvalue weighted by atomic mass is 127. The SMILES string of the molecule is C#CC(C[C@H](NC(=O)[C@@H]1C[N]([Al])CCN1C(=O)I)C(=O)CCl)C(=O)NCC. The van der Waals surface area contributed by atoms with Gasteiger partial charge in [-0.1, -0.05) is 5.92 Å². The number of ketones is 1. The molecule has 2 radical (unpaired) electrons. The Labute approximate surface area is 185 Å². The number of piperazine rings is 1. The molecule has 146 valence electrons. The third kappa shape index (κ3) is 7.24. The number of terminal acetylenes is 1. The van der Waals surface area contributed by atoms with E-state index in [0.29, 0.717) is 26.2 Å². The van der Waals surface area contributed by atoms with E-state index in [2.05, 4.69) is 33.1 Å². The number of alkyl halides is 1. The lowest BCUT2D eigenvalue weighted by Gasteiger charge is -2.39. The van der Waals surface area contributed by atoms with Crippen molar-refractivity contribution in [2.75, 3.05) is 32.1 Å². The van der Waals surface area contributed by atoms with E-state index >= 15 is 0 Å². The fourth-order valence-corrected chi connectivity index (χ4v) is 3.73. The van der Waals surface area contributed by atoms with Gasteiger partial charge in [-0.05, 0) is 19.9 Å². The maximum Gasteiger partial charge on any atom is 0.283 e. The molecule has 3 amide bonds. The summed E-state index contributed by atoms with van der Waals surface area (Å²) in [6.45, 7) is 3.47. The van der Waals surface area contributed by atoms with E-state index in [0.717, 1.165) is 0 Å². The van der Waals surface area contributed by atoms with Gasteiger partial charge in [0.15, 0.2) is 5.78 Å². The van der Waals surface area contributed by atoms with E-state index in [-0.39, 0.29) is 22.1 Å². The molecule has 2 N–H and O–H groups in total. The van der Waals surface area contributed by atoms with Gasteiger partial charge in [0, 0.05) is 42.2 Å². The molecule has 1 aliphatic heterocycles. The lowest BCUT2D eigenvalue weighted by molar-refractivity contribution is -0.131. The predicted molar refractivity (Wildman–Crippen MR) is 111 cm³/mol. The Balaban J connectivity index is 2.93. The van der Waals surface area contributed by atoms with Gasteiger partial charge in [0.25, 0.3) is 20.4 Å². The minimum absolute atomic E-state index is 0.0604. The van der Waals surface area contributed by atoms with Crippen molar-refractivity contribution in [3.8, 4) is 12.3 Å². The first-order valence-electron chi connectivity index (χ1n) is 8.33. The summed E-state index contributed by atoms with van der Waals surface area (Å²) in [5.41, 5.74) is 0. The van der Waals surface area contributed by atoms with Crippen molar-refractivity contribution in [1.29, 1.82) is 0 Å². The number of rotatable bonds is 8. The lowest BCUT2D eigenvalue weighted by atomic mass is 9.96. The zero-order chi connectivity index (χ0) is 20.6. The van der Waals surface area contributed by atoms with Crippen molar-refractivity contribution in [3.63, 3.8) is 0 Å². The maximum absolute atomic E-state index is 12.8. The molecule has 0 bridgehead atoms. The average Bonchev–Trinajstić information content (AvgIpc) is 2.63. The Morgan fingerprint density at radius 3 is 2.56 bits per heavy atom. The molecule has 1 saturated heterocycles. The second-order valence-electron chi connectivity index (χ2n) is 5.97. The first kappa shape index (κ1) is 24.2. The third-order valence-corrected chi connectivity index (χ3v) is 5.47. The van der Waals surface area contributed by atoms with Crippen LogP contribution in [0.4, 0.5) is 4.79 Å². The maximum atomic E-state index is 12.8. The Morgan fingerprint density at radius 2 is 2.04 bits per heavy atom. The summed E-state index contributed by atoms with van der Waals surface area (Å²) in [5.74, 6) is -0.177. The van der Waals surface area contributed by atoms with E-state index in [4.69, 9.17) is 18.0 Å². The smallest absolute Gasteiger partial charge is 0.283 e. The van der Waals surface area contributed by atoms with Gasteiger partial charge in [-0.25, -0.2) is 0 Å². The summed E-state index contributed by atoms with van der Waals surface area (Å²) in [5, 5.41) is 5.22. The second-order valence-corrected chi connectivity index (χ2v) is 7.89. The summed E-state index contributed by atoms with van der Waals surface area (Å²) >= 11 is 9.78. The van der Waals surface area contributed by atoms with E-state index in [1.165, 1.54) is 4.90 Å². The van der Waals surface area contributed by atoms with E-state index in [1.54, 1.807) is 29.5 Å². The van der Waals surface area contributed by atoms with E-state index < -0.39 is 29.7 Å². The number of hydrogen-bond donors (Lipinski definition) is 2. The highest BCUT2D eigenvalue weighted by Gasteiger charge is 2.35. The summed E-state index contributed by atoms with van der Waals surface area (Å²) < 4.78 is 1.59. The van der Waals surface area contributed by atoms with Gasteiger partial charge >= 0.3 is 0 Å². The quantitative estimate of drug-likeness (QED) is 0.114. The molecular formula is C16H21AlClIN4O4. The molecule has 0 aliphatic carbocycles. The normalized spacial score (nSPS) is 19.5. The predicted octanol–water partition coefficient (Wildman–Crippen LogP) is -0.321. The molecule has 8 nitrogen and oxygen atoms in total. The molecule has 0 saturated carbocycles. The van der Waals surface area contributed by atoms with Crippen molar-refractivity contribution in [1.82, 2.24) is 19.4 Å². The first-order chi connectivity index (χ1) is 12.7. The van der Waals surface area contributed by atoms with Crippen molar-refractivity contribution in [2.24, 2.45) is 5.92 Å². The molecule has 0 aromatic rings. The van der Waals surface area contributed by atoms with Crippen molar-refractivity contribution >= 4 is 72.2 Å². The molecule has 1 rings (SSSR count). The Hall–Kier alpha value is -0.848. The largest absolute Gasteiger partial charge is 0.399 e.